The van der Waals surface area contributed by atoms with Gasteiger partial charge in [0.25, 0.3) is 5.91 Å². The smallest absolute Gasteiger partial charge is 0.255 e. The van der Waals surface area contributed by atoms with E-state index in [0.717, 1.165) is 50.5 Å². The number of hydrogen-bond donors (Lipinski definition) is 2. The summed E-state index contributed by atoms with van der Waals surface area (Å²) in [6.45, 7) is 7.89. The molecule has 0 aliphatic rings. The number of H-pyrrole nitrogens is 1. The van der Waals surface area contributed by atoms with Crippen LogP contribution in [-0.2, 0) is 0 Å². The number of nitrogens with one attached hydrogen (secondary N) is 2. The Labute approximate surface area is 157 Å². The average Bonchev–Trinajstić information content (AvgIpc) is 3.20. The Balaban J connectivity index is 1.73. The maximum atomic E-state index is 12.9. The van der Waals surface area contributed by atoms with E-state index in [2.05, 4.69) is 21.6 Å². The van der Waals surface area contributed by atoms with Crippen molar-refractivity contribution >= 4 is 22.6 Å². The molecule has 0 saturated carbocycles. The molecular formula is C22H21N3O2. The van der Waals surface area contributed by atoms with Gasteiger partial charge in [-0.25, -0.2) is 0 Å². The molecule has 1 amide bonds. The zero-order chi connectivity index (χ0) is 19.1. The zero-order valence-electron chi connectivity index (χ0n) is 15.8. The molecule has 136 valence electrons. The third-order valence-corrected chi connectivity index (χ3v) is 4.60. The van der Waals surface area contributed by atoms with E-state index in [-0.39, 0.29) is 5.91 Å². The normalized spacial score (nSPS) is 11.1. The highest BCUT2D eigenvalue weighted by molar-refractivity contribution is 6.08. The van der Waals surface area contributed by atoms with Gasteiger partial charge in [-0.2, -0.15) is 5.10 Å². The van der Waals surface area contributed by atoms with Crippen LogP contribution in [-0.4, -0.2) is 16.1 Å². The van der Waals surface area contributed by atoms with Crippen molar-refractivity contribution in [3.8, 4) is 11.3 Å². The summed E-state index contributed by atoms with van der Waals surface area (Å²) >= 11 is 0. The van der Waals surface area contributed by atoms with Crippen molar-refractivity contribution in [1.29, 1.82) is 0 Å². The molecule has 2 N–H and O–H groups in total. The molecule has 0 saturated heterocycles. The second-order valence-electron chi connectivity index (χ2n) is 7.00. The van der Waals surface area contributed by atoms with Crippen LogP contribution in [0.25, 0.3) is 22.2 Å². The molecule has 4 rings (SSSR count). The number of anilines is 1. The standard InChI is InChI=1S/C22H21N3O2/c1-12-7-13(2)21(18(8-12)19-9-14(3)24-25-19)23-22(26)16-5-6-20-17(11-16)10-15(4)27-20/h5-11H,1-4H3,(H,23,26)(H,24,25). The lowest BCUT2D eigenvalue weighted by atomic mass is 10.0. The first-order valence-corrected chi connectivity index (χ1v) is 8.86. The molecule has 27 heavy (non-hydrogen) atoms. The number of rotatable bonds is 3. The summed E-state index contributed by atoms with van der Waals surface area (Å²) in [5.41, 5.74) is 6.97. The minimum absolute atomic E-state index is 0.156. The molecule has 0 unspecified atom stereocenters. The SMILES string of the molecule is Cc1cc(C)c(NC(=O)c2ccc3oc(C)cc3c2)c(-c2cc(C)[nH]n2)c1. The third-order valence-electron chi connectivity index (χ3n) is 4.60. The topological polar surface area (TPSA) is 70.9 Å². The number of nitrogens with zero attached hydrogens (tertiary/aromatic N) is 1. The first-order valence-electron chi connectivity index (χ1n) is 8.86. The van der Waals surface area contributed by atoms with Gasteiger partial charge in [-0.1, -0.05) is 11.6 Å². The highest BCUT2D eigenvalue weighted by atomic mass is 16.3. The quantitative estimate of drug-likeness (QED) is 0.521. The van der Waals surface area contributed by atoms with Crippen LogP contribution in [0.1, 0.15) is 32.9 Å². The highest BCUT2D eigenvalue weighted by Gasteiger charge is 2.16. The second kappa shape index (κ2) is 6.43. The minimum Gasteiger partial charge on any atom is -0.461 e. The summed E-state index contributed by atoms with van der Waals surface area (Å²) < 4.78 is 5.59. The largest absolute Gasteiger partial charge is 0.461 e. The van der Waals surface area contributed by atoms with E-state index in [4.69, 9.17) is 4.42 Å². The predicted octanol–water partition coefficient (Wildman–Crippen LogP) is 5.31. The number of benzene rings is 2. The molecule has 4 aromatic rings. The fourth-order valence-electron chi connectivity index (χ4n) is 3.39. The van der Waals surface area contributed by atoms with E-state index in [1.165, 1.54) is 0 Å². The fraction of sp³-hybridized carbons (Fsp3) is 0.182. The lowest BCUT2D eigenvalue weighted by Gasteiger charge is -2.14. The van der Waals surface area contributed by atoms with E-state index < -0.39 is 0 Å². The summed E-state index contributed by atoms with van der Waals surface area (Å²) in [5, 5.41) is 11.3. The van der Waals surface area contributed by atoms with Gasteiger partial charge in [0, 0.05) is 22.2 Å². The molecule has 0 aliphatic carbocycles. The van der Waals surface area contributed by atoms with E-state index in [0.29, 0.717) is 5.56 Å². The van der Waals surface area contributed by atoms with Gasteiger partial charge in [-0.15, -0.1) is 0 Å². The Kier molecular flexibility index (Phi) is 4.07. The fourth-order valence-corrected chi connectivity index (χ4v) is 3.39. The van der Waals surface area contributed by atoms with Crippen molar-refractivity contribution in [2.45, 2.75) is 27.7 Å². The van der Waals surface area contributed by atoms with Crippen LogP contribution in [0.5, 0.6) is 0 Å². The monoisotopic (exact) mass is 359 g/mol. The number of aromatic amines is 1. The van der Waals surface area contributed by atoms with E-state index in [1.54, 1.807) is 6.07 Å². The predicted molar refractivity (Wildman–Crippen MR) is 107 cm³/mol. The van der Waals surface area contributed by atoms with Crippen LogP contribution < -0.4 is 5.32 Å². The maximum absolute atomic E-state index is 12.9. The van der Waals surface area contributed by atoms with Gasteiger partial charge < -0.3 is 9.73 Å². The van der Waals surface area contributed by atoms with Crippen molar-refractivity contribution in [2.75, 3.05) is 5.32 Å². The van der Waals surface area contributed by atoms with Crippen LogP contribution in [0.15, 0.2) is 46.9 Å². The lowest BCUT2D eigenvalue weighted by Crippen LogP contribution is -2.13. The van der Waals surface area contributed by atoms with E-state index in [1.807, 2.05) is 58.0 Å². The van der Waals surface area contributed by atoms with Gasteiger partial charge in [0.05, 0.1) is 11.4 Å². The Morgan fingerprint density at radius 3 is 2.59 bits per heavy atom. The molecule has 2 aromatic carbocycles. The molecule has 2 heterocycles. The van der Waals surface area contributed by atoms with Crippen LogP contribution in [0.2, 0.25) is 0 Å². The highest BCUT2D eigenvalue weighted by Crippen LogP contribution is 2.32. The summed E-state index contributed by atoms with van der Waals surface area (Å²) in [7, 11) is 0. The van der Waals surface area contributed by atoms with Crippen molar-refractivity contribution in [3.63, 3.8) is 0 Å². The van der Waals surface area contributed by atoms with Gasteiger partial charge >= 0.3 is 0 Å². The molecule has 5 nitrogen and oxygen atoms in total. The number of furan rings is 1. The van der Waals surface area contributed by atoms with Crippen LogP contribution in [0.4, 0.5) is 5.69 Å². The number of aromatic nitrogens is 2. The number of hydrogen-bond acceptors (Lipinski definition) is 3. The Morgan fingerprint density at radius 2 is 1.85 bits per heavy atom. The number of carbonyl (C=O) groups excluding carboxylic acids is 1. The van der Waals surface area contributed by atoms with Crippen LogP contribution >= 0.6 is 0 Å². The summed E-state index contributed by atoms with van der Waals surface area (Å²) in [5.74, 6) is 0.671. The summed E-state index contributed by atoms with van der Waals surface area (Å²) in [4.78, 5) is 12.9. The second-order valence-corrected chi connectivity index (χ2v) is 7.00. The van der Waals surface area contributed by atoms with Gasteiger partial charge in [-0.3, -0.25) is 9.89 Å². The van der Waals surface area contributed by atoms with Gasteiger partial charge in [-0.05, 0) is 69.7 Å². The molecule has 0 spiro atoms. The molecular weight excluding hydrogens is 338 g/mol. The molecule has 2 aromatic heterocycles. The Bertz CT molecular complexity index is 1170. The molecule has 0 aliphatic heterocycles. The van der Waals surface area contributed by atoms with Crippen molar-refractivity contribution < 1.29 is 9.21 Å². The van der Waals surface area contributed by atoms with E-state index in [9.17, 15) is 4.79 Å². The summed E-state index contributed by atoms with van der Waals surface area (Å²) in [6, 6.07) is 13.5. The van der Waals surface area contributed by atoms with Crippen molar-refractivity contribution in [2.24, 2.45) is 0 Å². The van der Waals surface area contributed by atoms with Gasteiger partial charge in [0.15, 0.2) is 0 Å². The van der Waals surface area contributed by atoms with Gasteiger partial charge in [0.2, 0.25) is 0 Å². The number of aryl methyl sites for hydroxylation is 4. The number of carbonyl (C=O) groups is 1. The Hall–Kier alpha value is -3.34. The van der Waals surface area contributed by atoms with Gasteiger partial charge in [0.1, 0.15) is 11.3 Å². The molecule has 0 atom stereocenters. The number of fused-ring (bicyclic) bond motifs is 1. The minimum atomic E-state index is -0.156. The zero-order valence-corrected chi connectivity index (χ0v) is 15.8. The average molecular weight is 359 g/mol. The third kappa shape index (κ3) is 3.24. The summed E-state index contributed by atoms with van der Waals surface area (Å²) in [6.07, 6.45) is 0. The maximum Gasteiger partial charge on any atom is 0.255 e. The molecule has 5 heteroatoms. The molecule has 0 fully saturated rings. The van der Waals surface area contributed by atoms with Crippen LogP contribution in [0.3, 0.4) is 0 Å². The van der Waals surface area contributed by atoms with Crippen molar-refractivity contribution in [1.82, 2.24) is 10.2 Å². The molecule has 0 bridgehead atoms. The van der Waals surface area contributed by atoms with Crippen LogP contribution in [0, 0.1) is 27.7 Å². The lowest BCUT2D eigenvalue weighted by molar-refractivity contribution is 0.102. The molecule has 0 radical (unpaired) electrons. The Morgan fingerprint density at radius 1 is 1.04 bits per heavy atom. The van der Waals surface area contributed by atoms with E-state index >= 15 is 0 Å². The number of amides is 1. The first-order chi connectivity index (χ1) is 12.9. The first kappa shape index (κ1) is 17.1. The van der Waals surface area contributed by atoms with Crippen molar-refractivity contribution in [3.05, 3.63) is 70.6 Å².